The van der Waals surface area contributed by atoms with Gasteiger partial charge in [-0.1, -0.05) is 35.4 Å². The van der Waals surface area contributed by atoms with Crippen LogP contribution >= 0.6 is 9.03 Å². The van der Waals surface area contributed by atoms with Gasteiger partial charge in [0.15, 0.2) is 0 Å². The van der Waals surface area contributed by atoms with Crippen LogP contribution < -0.4 is 9.26 Å². The molecule has 1 atom stereocenters. The van der Waals surface area contributed by atoms with Crippen molar-refractivity contribution in [2.45, 2.75) is 20.3 Å². The number of hydrogen-bond acceptors (Lipinski definition) is 4. The summed E-state index contributed by atoms with van der Waals surface area (Å²) < 4.78 is 10.3. The molecule has 0 saturated carbocycles. The van der Waals surface area contributed by atoms with E-state index in [1.165, 1.54) is 0 Å². The lowest BCUT2D eigenvalue weighted by Gasteiger charge is -2.13. The fourth-order valence-corrected chi connectivity index (χ4v) is 2.51. The second-order valence-corrected chi connectivity index (χ2v) is 5.19. The van der Waals surface area contributed by atoms with Crippen molar-refractivity contribution in [2.75, 3.05) is 0 Å². The van der Waals surface area contributed by atoms with Crippen molar-refractivity contribution in [2.24, 2.45) is 0 Å². The Balaban J connectivity index is 2.39. The average Bonchev–Trinajstić information content (AvgIpc) is 2.45. The summed E-state index contributed by atoms with van der Waals surface area (Å²) in [5.41, 5.74) is 4.03. The van der Waals surface area contributed by atoms with Crippen molar-refractivity contribution >= 4 is 15.5 Å². The highest BCUT2D eigenvalue weighted by atomic mass is 31.1. The van der Waals surface area contributed by atoms with Gasteiger partial charge in [-0.05, 0) is 37.1 Å². The number of hydrogen-bond donors (Lipinski definition) is 1. The molecule has 0 spiro atoms. The van der Waals surface area contributed by atoms with Gasteiger partial charge in [0.05, 0.1) is 0 Å². The molecule has 0 bridgehead atoms. The quantitative estimate of drug-likeness (QED) is 0.657. The Morgan fingerprint density at radius 3 is 2.19 bits per heavy atom. The van der Waals surface area contributed by atoms with E-state index in [-0.39, 0.29) is 0 Å². The van der Waals surface area contributed by atoms with E-state index in [1.54, 1.807) is 6.07 Å². The molecule has 0 heterocycles. The molecule has 0 aliphatic heterocycles. The molecule has 2 rings (SSSR count). The minimum absolute atomic E-state index is 0.428. The van der Waals surface area contributed by atoms with Gasteiger partial charge in [0.1, 0.15) is 11.5 Å². The molecule has 0 radical (unpaired) electrons. The monoisotopic (exact) mass is 304 g/mol. The molecule has 0 aromatic heterocycles. The fraction of sp³-hybridized carbons (Fsp3) is 0.188. The van der Waals surface area contributed by atoms with E-state index >= 15 is 0 Å². The molecular formula is C16H17O4P. The van der Waals surface area contributed by atoms with Gasteiger partial charge in [0.25, 0.3) is 6.47 Å². The molecule has 0 aliphatic rings. The maximum atomic E-state index is 10.6. The van der Waals surface area contributed by atoms with Crippen LogP contribution in [0.25, 0.3) is 0 Å². The number of aryl methyl sites for hydroxylation is 2. The Morgan fingerprint density at radius 1 is 1.05 bits per heavy atom. The van der Waals surface area contributed by atoms with Crippen LogP contribution in [0.5, 0.6) is 11.5 Å². The zero-order valence-corrected chi connectivity index (χ0v) is 12.9. The molecule has 2 aromatic carbocycles. The van der Waals surface area contributed by atoms with E-state index in [0.717, 1.165) is 22.3 Å². The third-order valence-electron chi connectivity index (χ3n) is 3.14. The predicted octanol–water partition coefficient (Wildman–Crippen LogP) is 3.31. The van der Waals surface area contributed by atoms with Gasteiger partial charge in [-0.3, -0.25) is 4.79 Å². The van der Waals surface area contributed by atoms with Crippen molar-refractivity contribution in [3.05, 3.63) is 58.7 Å². The minimum Gasteiger partial charge on any atom is -0.450 e. The highest BCUT2D eigenvalue weighted by molar-refractivity contribution is 7.25. The third-order valence-corrected chi connectivity index (χ3v) is 3.45. The van der Waals surface area contributed by atoms with Gasteiger partial charge in [-0.2, -0.15) is 0 Å². The van der Waals surface area contributed by atoms with Crippen LogP contribution in [0.4, 0.5) is 0 Å². The van der Waals surface area contributed by atoms with E-state index in [2.05, 4.69) is 0 Å². The summed E-state index contributed by atoms with van der Waals surface area (Å²) in [6, 6.07) is 11.4. The summed E-state index contributed by atoms with van der Waals surface area (Å²) in [5.74, 6) is 1.18. The van der Waals surface area contributed by atoms with Crippen LogP contribution in [0.15, 0.2) is 36.4 Å². The molecule has 110 valence electrons. The zero-order chi connectivity index (χ0) is 15.2. The molecule has 2 aromatic rings. The van der Waals surface area contributed by atoms with E-state index in [4.69, 9.17) is 14.2 Å². The number of carbonyl (C=O) groups excluding carboxylic acids is 1. The minimum atomic E-state index is -0.603. The van der Waals surface area contributed by atoms with Crippen LogP contribution in [0.2, 0.25) is 0 Å². The smallest absolute Gasteiger partial charge is 0.298 e. The summed E-state index contributed by atoms with van der Waals surface area (Å²) in [6.07, 6.45) is 0.562. The first-order chi connectivity index (χ1) is 10.1. The zero-order valence-electron chi connectivity index (χ0n) is 11.9. The lowest BCUT2D eigenvalue weighted by Crippen LogP contribution is -1.98. The molecule has 0 amide bonds. The third kappa shape index (κ3) is 4.03. The van der Waals surface area contributed by atoms with Crippen LogP contribution in [0.1, 0.15) is 22.3 Å². The number of carbonyl (C=O) groups is 1. The molecule has 5 heteroatoms. The molecule has 1 unspecified atom stereocenters. The second-order valence-electron chi connectivity index (χ2n) is 4.81. The standard InChI is InChI=1S/C16H17O4P/c1-11-3-5-15(19-10-17)13(7-11)9-14-8-12(2)4-6-16(14)20-21-18/h3-8,10,18,21H,9H2,1-2H3. The highest BCUT2D eigenvalue weighted by Crippen LogP contribution is 2.30. The van der Waals surface area contributed by atoms with Gasteiger partial charge in [-0.25, -0.2) is 0 Å². The maximum absolute atomic E-state index is 10.6. The summed E-state index contributed by atoms with van der Waals surface area (Å²) >= 11 is 0. The summed E-state index contributed by atoms with van der Waals surface area (Å²) in [7, 11) is -0.603. The predicted molar refractivity (Wildman–Crippen MR) is 83.0 cm³/mol. The van der Waals surface area contributed by atoms with Crippen molar-refractivity contribution < 1.29 is 18.9 Å². The van der Waals surface area contributed by atoms with Gasteiger partial charge in [-0.15, -0.1) is 0 Å². The lowest BCUT2D eigenvalue weighted by molar-refractivity contribution is -0.120. The summed E-state index contributed by atoms with van der Waals surface area (Å²) in [5, 5.41) is 0. The van der Waals surface area contributed by atoms with Gasteiger partial charge >= 0.3 is 0 Å². The molecular weight excluding hydrogens is 287 g/mol. The van der Waals surface area contributed by atoms with Crippen molar-refractivity contribution in [1.29, 1.82) is 0 Å². The highest BCUT2D eigenvalue weighted by Gasteiger charge is 2.10. The van der Waals surface area contributed by atoms with Crippen molar-refractivity contribution in [3.8, 4) is 11.5 Å². The fourth-order valence-electron chi connectivity index (χ4n) is 2.21. The molecule has 0 aliphatic carbocycles. The number of ether oxygens (including phenoxy) is 1. The Hall–Kier alpha value is -1.90. The van der Waals surface area contributed by atoms with E-state index < -0.39 is 9.03 Å². The normalized spacial score (nSPS) is 10.8. The van der Waals surface area contributed by atoms with Crippen LogP contribution in [0.3, 0.4) is 0 Å². The van der Waals surface area contributed by atoms with Crippen LogP contribution in [-0.4, -0.2) is 11.4 Å². The molecule has 21 heavy (non-hydrogen) atoms. The van der Waals surface area contributed by atoms with E-state index in [1.807, 2.05) is 44.2 Å². The SMILES string of the molecule is Cc1ccc(OC=O)c(Cc2cc(C)ccc2OPO)c1. The largest absolute Gasteiger partial charge is 0.450 e. The Morgan fingerprint density at radius 2 is 1.62 bits per heavy atom. The average molecular weight is 304 g/mol. The first-order valence-corrected chi connectivity index (χ1v) is 7.35. The van der Waals surface area contributed by atoms with Gasteiger partial charge < -0.3 is 14.2 Å². The lowest BCUT2D eigenvalue weighted by atomic mass is 10.00. The topological polar surface area (TPSA) is 55.8 Å². The van der Waals surface area contributed by atoms with E-state index in [9.17, 15) is 4.79 Å². The Kier molecular flexibility index (Phi) is 5.32. The van der Waals surface area contributed by atoms with Crippen molar-refractivity contribution in [1.82, 2.24) is 0 Å². The summed E-state index contributed by atoms with van der Waals surface area (Å²) in [4.78, 5) is 19.6. The van der Waals surface area contributed by atoms with Gasteiger partial charge in [0.2, 0.25) is 9.03 Å². The van der Waals surface area contributed by atoms with Gasteiger partial charge in [0, 0.05) is 6.42 Å². The number of benzene rings is 2. The Bertz CT molecular complexity index is 640. The first kappa shape index (κ1) is 15.5. The van der Waals surface area contributed by atoms with E-state index in [0.29, 0.717) is 24.4 Å². The maximum Gasteiger partial charge on any atom is 0.298 e. The molecule has 0 saturated heterocycles. The van der Waals surface area contributed by atoms with Crippen LogP contribution in [-0.2, 0) is 11.2 Å². The molecule has 4 nitrogen and oxygen atoms in total. The van der Waals surface area contributed by atoms with Crippen molar-refractivity contribution in [3.63, 3.8) is 0 Å². The first-order valence-electron chi connectivity index (χ1n) is 6.49. The molecule has 0 fully saturated rings. The number of rotatable bonds is 6. The Labute approximate surface area is 125 Å². The van der Waals surface area contributed by atoms with Crippen LogP contribution in [0, 0.1) is 13.8 Å². The molecule has 1 N–H and O–H groups in total. The summed E-state index contributed by atoms with van der Waals surface area (Å²) in [6.45, 7) is 4.40. The second kappa shape index (κ2) is 7.21.